The van der Waals surface area contributed by atoms with E-state index in [4.69, 9.17) is 16.0 Å². The number of para-hydroxylation sites is 2. The van der Waals surface area contributed by atoms with Gasteiger partial charge >= 0.3 is 0 Å². The fourth-order valence-electron chi connectivity index (χ4n) is 2.90. The van der Waals surface area contributed by atoms with E-state index in [0.29, 0.717) is 12.3 Å². The second-order valence-electron chi connectivity index (χ2n) is 6.52. The van der Waals surface area contributed by atoms with Crippen molar-refractivity contribution in [3.05, 3.63) is 77.8 Å². The molecule has 1 heterocycles. The first-order valence-corrected chi connectivity index (χ1v) is 10.7. The number of oxazole rings is 1. The standard InChI is InChI=1S/C23H19ClN2O2S/c24-17-10-12-19(13-11-17)29-14-4-9-22(27)25-18-6-3-5-16(15-18)23-26-20-7-1-2-8-21(20)28-23/h1-3,5-8,10-13,15H,4,9,14H2,(H,25,27). The van der Waals surface area contributed by atoms with Crippen LogP contribution in [0.3, 0.4) is 0 Å². The number of aromatic nitrogens is 1. The third-order valence-corrected chi connectivity index (χ3v) is 5.67. The Morgan fingerprint density at radius 1 is 1.03 bits per heavy atom. The van der Waals surface area contributed by atoms with Gasteiger partial charge in [-0.15, -0.1) is 11.8 Å². The van der Waals surface area contributed by atoms with Crippen LogP contribution in [-0.4, -0.2) is 16.6 Å². The highest BCUT2D eigenvalue weighted by molar-refractivity contribution is 7.99. The van der Waals surface area contributed by atoms with Gasteiger partial charge in [0.05, 0.1) is 0 Å². The molecule has 3 aromatic carbocycles. The normalized spacial score (nSPS) is 10.9. The topological polar surface area (TPSA) is 55.1 Å². The maximum Gasteiger partial charge on any atom is 0.227 e. The molecule has 0 aliphatic carbocycles. The minimum Gasteiger partial charge on any atom is -0.436 e. The number of hydrogen-bond acceptors (Lipinski definition) is 4. The molecule has 0 aliphatic heterocycles. The molecule has 0 aliphatic rings. The zero-order valence-corrected chi connectivity index (χ0v) is 17.2. The number of thioether (sulfide) groups is 1. The number of rotatable bonds is 7. The van der Waals surface area contributed by atoms with Gasteiger partial charge in [0.2, 0.25) is 11.8 Å². The van der Waals surface area contributed by atoms with Gasteiger partial charge in [0, 0.05) is 27.6 Å². The minimum absolute atomic E-state index is 0.00331. The van der Waals surface area contributed by atoms with Crippen LogP contribution in [0.15, 0.2) is 82.1 Å². The summed E-state index contributed by atoms with van der Waals surface area (Å²) in [6.45, 7) is 0. The lowest BCUT2D eigenvalue weighted by Gasteiger charge is -2.06. The molecule has 0 unspecified atom stereocenters. The first kappa shape index (κ1) is 19.6. The van der Waals surface area contributed by atoms with Crippen LogP contribution in [0.5, 0.6) is 0 Å². The predicted octanol–water partition coefficient (Wildman–Crippen LogP) is 6.66. The molecule has 0 atom stereocenters. The van der Waals surface area contributed by atoms with Gasteiger partial charge in [-0.1, -0.05) is 29.8 Å². The van der Waals surface area contributed by atoms with Crippen LogP contribution in [0.25, 0.3) is 22.6 Å². The summed E-state index contributed by atoms with van der Waals surface area (Å²) in [5.74, 6) is 1.41. The number of fused-ring (bicyclic) bond motifs is 1. The van der Waals surface area contributed by atoms with Crippen molar-refractivity contribution < 1.29 is 9.21 Å². The smallest absolute Gasteiger partial charge is 0.227 e. The SMILES string of the molecule is O=C(CCCSc1ccc(Cl)cc1)Nc1cccc(-c2nc3ccccc3o2)c1. The van der Waals surface area contributed by atoms with Gasteiger partial charge in [-0.25, -0.2) is 4.98 Å². The molecule has 29 heavy (non-hydrogen) atoms. The summed E-state index contributed by atoms with van der Waals surface area (Å²) in [4.78, 5) is 17.9. The maximum atomic E-state index is 12.3. The van der Waals surface area contributed by atoms with Gasteiger partial charge in [-0.2, -0.15) is 0 Å². The molecule has 1 amide bonds. The molecule has 0 fully saturated rings. The number of nitrogens with one attached hydrogen (secondary N) is 1. The van der Waals surface area contributed by atoms with E-state index in [2.05, 4.69) is 10.3 Å². The summed E-state index contributed by atoms with van der Waals surface area (Å²) in [6, 6.07) is 22.9. The Hall–Kier alpha value is -2.76. The van der Waals surface area contributed by atoms with Crippen LogP contribution < -0.4 is 5.32 Å². The number of halogens is 1. The number of carbonyl (C=O) groups excluding carboxylic acids is 1. The van der Waals surface area contributed by atoms with Gasteiger partial charge in [0.15, 0.2) is 5.58 Å². The van der Waals surface area contributed by atoms with Crippen LogP contribution in [0.1, 0.15) is 12.8 Å². The summed E-state index contributed by atoms with van der Waals surface area (Å²) in [5.41, 5.74) is 3.13. The zero-order chi connectivity index (χ0) is 20.1. The highest BCUT2D eigenvalue weighted by Gasteiger charge is 2.09. The average molecular weight is 423 g/mol. The van der Waals surface area contributed by atoms with Gasteiger partial charge in [-0.05, 0) is 66.8 Å². The first-order chi connectivity index (χ1) is 14.2. The van der Waals surface area contributed by atoms with Crippen LogP contribution >= 0.6 is 23.4 Å². The van der Waals surface area contributed by atoms with Crippen molar-refractivity contribution in [2.75, 3.05) is 11.1 Å². The summed E-state index contributed by atoms with van der Waals surface area (Å²) >= 11 is 7.61. The van der Waals surface area contributed by atoms with Crippen molar-refractivity contribution in [3.63, 3.8) is 0 Å². The van der Waals surface area contributed by atoms with Crippen LogP contribution in [0.4, 0.5) is 5.69 Å². The monoisotopic (exact) mass is 422 g/mol. The number of nitrogens with zero attached hydrogens (tertiary/aromatic N) is 1. The highest BCUT2D eigenvalue weighted by Crippen LogP contribution is 2.26. The average Bonchev–Trinajstić information content (AvgIpc) is 3.17. The van der Waals surface area contributed by atoms with Crippen molar-refractivity contribution in [3.8, 4) is 11.5 Å². The van der Waals surface area contributed by atoms with E-state index in [1.807, 2.05) is 72.8 Å². The summed E-state index contributed by atoms with van der Waals surface area (Å²) < 4.78 is 5.81. The fraction of sp³-hybridized carbons (Fsp3) is 0.130. The van der Waals surface area contributed by atoms with Gasteiger partial charge in [0.25, 0.3) is 0 Å². The number of benzene rings is 3. The molecule has 146 valence electrons. The lowest BCUT2D eigenvalue weighted by molar-refractivity contribution is -0.116. The van der Waals surface area contributed by atoms with Gasteiger partial charge in [-0.3, -0.25) is 4.79 Å². The Morgan fingerprint density at radius 3 is 2.69 bits per heavy atom. The molecule has 4 rings (SSSR count). The van der Waals surface area contributed by atoms with E-state index in [-0.39, 0.29) is 5.91 Å². The van der Waals surface area contributed by atoms with E-state index in [9.17, 15) is 4.79 Å². The molecule has 4 nitrogen and oxygen atoms in total. The summed E-state index contributed by atoms with van der Waals surface area (Å²) in [7, 11) is 0. The van der Waals surface area contributed by atoms with E-state index >= 15 is 0 Å². The Balaban J connectivity index is 1.31. The molecular weight excluding hydrogens is 404 g/mol. The van der Waals surface area contributed by atoms with E-state index in [0.717, 1.165) is 44.4 Å². The number of hydrogen-bond donors (Lipinski definition) is 1. The fourth-order valence-corrected chi connectivity index (χ4v) is 3.88. The minimum atomic E-state index is -0.00331. The number of carbonyl (C=O) groups is 1. The summed E-state index contributed by atoms with van der Waals surface area (Å²) in [6.07, 6.45) is 1.26. The highest BCUT2D eigenvalue weighted by atomic mass is 35.5. The lowest BCUT2D eigenvalue weighted by Crippen LogP contribution is -2.11. The van der Waals surface area contributed by atoms with Crippen LogP contribution in [0, 0.1) is 0 Å². The Bertz CT molecular complexity index is 1090. The van der Waals surface area contributed by atoms with Crippen molar-refractivity contribution in [2.24, 2.45) is 0 Å². The van der Waals surface area contributed by atoms with E-state index in [1.54, 1.807) is 11.8 Å². The third-order valence-electron chi connectivity index (χ3n) is 4.32. The Morgan fingerprint density at radius 2 is 1.86 bits per heavy atom. The van der Waals surface area contributed by atoms with Gasteiger partial charge < -0.3 is 9.73 Å². The van der Waals surface area contributed by atoms with E-state index < -0.39 is 0 Å². The molecule has 1 aromatic heterocycles. The Labute approximate surface area is 178 Å². The lowest BCUT2D eigenvalue weighted by atomic mass is 10.2. The molecule has 0 spiro atoms. The Kier molecular flexibility index (Phi) is 6.17. The molecule has 0 saturated carbocycles. The largest absolute Gasteiger partial charge is 0.436 e. The van der Waals surface area contributed by atoms with Crippen LogP contribution in [0.2, 0.25) is 5.02 Å². The molecule has 6 heteroatoms. The van der Waals surface area contributed by atoms with Crippen molar-refractivity contribution >= 4 is 46.1 Å². The first-order valence-electron chi connectivity index (χ1n) is 9.32. The van der Waals surface area contributed by atoms with Gasteiger partial charge in [0.1, 0.15) is 5.52 Å². The second kappa shape index (κ2) is 9.16. The molecular formula is C23H19ClN2O2S. The predicted molar refractivity (Wildman–Crippen MR) is 119 cm³/mol. The molecule has 1 N–H and O–H groups in total. The van der Waals surface area contributed by atoms with E-state index in [1.165, 1.54) is 0 Å². The number of amides is 1. The second-order valence-corrected chi connectivity index (χ2v) is 8.13. The molecule has 4 aromatic rings. The van der Waals surface area contributed by atoms with Crippen LogP contribution in [-0.2, 0) is 4.79 Å². The summed E-state index contributed by atoms with van der Waals surface area (Å²) in [5, 5.41) is 3.69. The molecule has 0 saturated heterocycles. The molecule has 0 radical (unpaired) electrons. The van der Waals surface area contributed by atoms with Crippen molar-refractivity contribution in [2.45, 2.75) is 17.7 Å². The molecule has 0 bridgehead atoms. The third kappa shape index (κ3) is 5.19. The zero-order valence-electron chi connectivity index (χ0n) is 15.6. The maximum absolute atomic E-state index is 12.3. The quantitative estimate of drug-likeness (QED) is 0.267. The van der Waals surface area contributed by atoms with Crippen molar-refractivity contribution in [1.29, 1.82) is 0 Å². The van der Waals surface area contributed by atoms with Crippen molar-refractivity contribution in [1.82, 2.24) is 4.98 Å². The number of anilines is 1.